The fourth-order valence-electron chi connectivity index (χ4n) is 4.89. The molecule has 7 heteroatoms. The van der Waals surface area contributed by atoms with Gasteiger partial charge in [-0.15, -0.1) is 0 Å². The Balaban J connectivity index is 1.70. The van der Waals surface area contributed by atoms with E-state index in [0.29, 0.717) is 31.1 Å². The lowest BCUT2D eigenvalue weighted by atomic mass is 10.1. The molecular weight excluding hydrogens is 453 g/mol. The molecule has 0 spiro atoms. The summed E-state index contributed by atoms with van der Waals surface area (Å²) in [6.07, 6.45) is 0.370. The molecule has 0 N–H and O–H groups in total. The van der Waals surface area contributed by atoms with Gasteiger partial charge in [0.2, 0.25) is 5.91 Å². The molecular formula is C29H38FN5O. The molecule has 4 rings (SSSR count). The molecule has 2 aromatic carbocycles. The van der Waals surface area contributed by atoms with Gasteiger partial charge in [-0.2, -0.15) is 5.10 Å². The summed E-state index contributed by atoms with van der Waals surface area (Å²) in [7, 11) is 0. The van der Waals surface area contributed by atoms with E-state index in [-0.39, 0.29) is 11.7 Å². The van der Waals surface area contributed by atoms with Crippen LogP contribution in [0.1, 0.15) is 37.6 Å². The van der Waals surface area contributed by atoms with E-state index in [1.807, 2.05) is 52.9 Å². The minimum atomic E-state index is -0.288. The topological polar surface area (TPSA) is 44.6 Å². The minimum Gasteiger partial charge on any atom is -0.354 e. The number of aromatic nitrogens is 2. The number of likely N-dealkylation sites (N-methyl/N-ethyl adjacent to an activating group) is 1. The summed E-state index contributed by atoms with van der Waals surface area (Å²) in [5, 5.41) is 4.87. The number of rotatable bonds is 9. The molecule has 0 bridgehead atoms. The molecule has 192 valence electrons. The lowest BCUT2D eigenvalue weighted by Crippen LogP contribution is -2.47. The summed E-state index contributed by atoms with van der Waals surface area (Å²) in [6, 6.07) is 16.5. The Morgan fingerprint density at radius 2 is 1.78 bits per heavy atom. The zero-order valence-electron chi connectivity index (χ0n) is 22.0. The third-order valence-electron chi connectivity index (χ3n) is 6.81. The molecule has 3 aromatic rings. The number of benzene rings is 2. The van der Waals surface area contributed by atoms with Crippen LogP contribution in [0.2, 0.25) is 0 Å². The summed E-state index contributed by atoms with van der Waals surface area (Å²) in [5.74, 6) is 1.12. The maximum Gasteiger partial charge on any atom is 0.227 e. The summed E-state index contributed by atoms with van der Waals surface area (Å²) >= 11 is 0. The number of nitrogens with zero attached hydrogens (tertiary/aromatic N) is 5. The van der Waals surface area contributed by atoms with Gasteiger partial charge in [0.15, 0.2) is 0 Å². The van der Waals surface area contributed by atoms with E-state index in [9.17, 15) is 9.18 Å². The minimum absolute atomic E-state index is 0.106. The fraction of sp³-hybridized carbons (Fsp3) is 0.448. The second-order valence-electron chi connectivity index (χ2n) is 10.0. The molecule has 0 unspecified atom stereocenters. The number of piperazine rings is 1. The summed E-state index contributed by atoms with van der Waals surface area (Å²) < 4.78 is 16.0. The van der Waals surface area contributed by atoms with E-state index in [0.717, 1.165) is 55.4 Å². The van der Waals surface area contributed by atoms with E-state index >= 15 is 0 Å². The van der Waals surface area contributed by atoms with Gasteiger partial charge in [0.25, 0.3) is 0 Å². The Morgan fingerprint density at radius 3 is 2.42 bits per heavy atom. The van der Waals surface area contributed by atoms with Crippen LogP contribution in [0.5, 0.6) is 0 Å². The molecule has 0 aliphatic carbocycles. The lowest BCUT2D eigenvalue weighted by Gasteiger charge is -2.36. The molecule has 0 atom stereocenters. The second-order valence-corrected chi connectivity index (χ2v) is 10.0. The van der Waals surface area contributed by atoms with E-state index in [1.54, 1.807) is 6.07 Å². The van der Waals surface area contributed by atoms with Crippen LogP contribution in [0.3, 0.4) is 0 Å². The average Bonchev–Trinajstić information content (AvgIpc) is 3.20. The maximum atomic E-state index is 14.2. The molecule has 1 saturated heterocycles. The molecule has 1 aliphatic heterocycles. The molecule has 1 aromatic heterocycles. The quantitative estimate of drug-likeness (QED) is 0.436. The number of halogens is 1. The highest BCUT2D eigenvalue weighted by Crippen LogP contribution is 2.30. The van der Waals surface area contributed by atoms with Gasteiger partial charge < -0.3 is 14.7 Å². The van der Waals surface area contributed by atoms with Crippen molar-refractivity contribution in [2.75, 3.05) is 44.2 Å². The van der Waals surface area contributed by atoms with Crippen LogP contribution in [-0.2, 0) is 17.8 Å². The molecule has 2 heterocycles. The molecule has 36 heavy (non-hydrogen) atoms. The maximum absolute atomic E-state index is 14.2. The Kier molecular flexibility index (Phi) is 8.41. The number of anilines is 1. The van der Waals surface area contributed by atoms with Crippen molar-refractivity contribution in [1.82, 2.24) is 19.6 Å². The molecule has 6 nitrogen and oxygen atoms in total. The largest absolute Gasteiger partial charge is 0.354 e. The van der Waals surface area contributed by atoms with Crippen LogP contribution in [0, 0.1) is 18.7 Å². The first-order valence-electron chi connectivity index (χ1n) is 13.0. The van der Waals surface area contributed by atoms with Crippen molar-refractivity contribution in [1.29, 1.82) is 0 Å². The Morgan fingerprint density at radius 1 is 1.06 bits per heavy atom. The van der Waals surface area contributed by atoms with E-state index in [1.165, 1.54) is 12.1 Å². The van der Waals surface area contributed by atoms with Crippen molar-refractivity contribution in [2.45, 2.75) is 40.7 Å². The monoisotopic (exact) mass is 491 g/mol. The average molecular weight is 492 g/mol. The number of aryl methyl sites for hydroxylation is 1. The molecule has 1 fully saturated rings. The Hall–Kier alpha value is -3.19. The number of hydrogen-bond donors (Lipinski definition) is 0. The smallest absolute Gasteiger partial charge is 0.227 e. The first-order chi connectivity index (χ1) is 17.4. The second kappa shape index (κ2) is 11.7. The van der Waals surface area contributed by atoms with E-state index in [4.69, 9.17) is 5.10 Å². The van der Waals surface area contributed by atoms with Gasteiger partial charge in [-0.1, -0.05) is 57.2 Å². The van der Waals surface area contributed by atoms with Crippen LogP contribution in [0.25, 0.3) is 5.69 Å². The van der Waals surface area contributed by atoms with Crippen LogP contribution in [0.15, 0.2) is 54.6 Å². The lowest BCUT2D eigenvalue weighted by molar-refractivity contribution is -0.131. The zero-order chi connectivity index (χ0) is 25.7. The summed E-state index contributed by atoms with van der Waals surface area (Å²) in [4.78, 5) is 20.2. The molecule has 1 aliphatic rings. The Bertz CT molecular complexity index is 1150. The molecule has 0 radical (unpaired) electrons. The third-order valence-corrected chi connectivity index (χ3v) is 6.81. The van der Waals surface area contributed by atoms with Crippen LogP contribution in [0.4, 0.5) is 10.2 Å². The highest BCUT2D eigenvalue weighted by molar-refractivity contribution is 5.79. The Labute approximate surface area is 214 Å². The molecule has 1 amide bonds. The number of carbonyl (C=O) groups excluding carboxylic acids is 1. The zero-order valence-corrected chi connectivity index (χ0v) is 22.0. The van der Waals surface area contributed by atoms with Gasteiger partial charge in [-0.3, -0.25) is 4.79 Å². The van der Waals surface area contributed by atoms with Gasteiger partial charge in [0, 0.05) is 38.3 Å². The van der Waals surface area contributed by atoms with Crippen LogP contribution < -0.4 is 4.90 Å². The standard InChI is InChI=1S/C29H38FN5O/c1-5-32-14-16-33(17-15-32)29-27(23(4)31-35(29)26-13-9-12-25(30)19-26)21-34(20-22(2)3)28(36)18-24-10-7-6-8-11-24/h6-13,19,22H,5,14-18,20-21H2,1-4H3. The number of amides is 1. The van der Waals surface area contributed by atoms with Crippen LogP contribution in [-0.4, -0.2) is 64.8 Å². The fourth-order valence-corrected chi connectivity index (χ4v) is 4.89. The predicted octanol–water partition coefficient (Wildman–Crippen LogP) is 4.69. The summed E-state index contributed by atoms with van der Waals surface area (Å²) in [6.45, 7) is 14.3. The van der Waals surface area contributed by atoms with Gasteiger partial charge in [0.05, 0.1) is 24.3 Å². The number of hydrogen-bond acceptors (Lipinski definition) is 4. The first kappa shape index (κ1) is 25.9. The van der Waals surface area contributed by atoms with Crippen molar-refractivity contribution in [2.24, 2.45) is 5.92 Å². The first-order valence-corrected chi connectivity index (χ1v) is 13.0. The third kappa shape index (κ3) is 6.13. The van der Waals surface area contributed by atoms with Crippen LogP contribution >= 0.6 is 0 Å². The van der Waals surface area contributed by atoms with Gasteiger partial charge in [-0.05, 0) is 43.1 Å². The normalized spacial score (nSPS) is 14.4. The highest BCUT2D eigenvalue weighted by Gasteiger charge is 2.28. The van der Waals surface area contributed by atoms with Gasteiger partial charge >= 0.3 is 0 Å². The summed E-state index contributed by atoms with van der Waals surface area (Å²) in [5.41, 5.74) is 3.61. The van der Waals surface area contributed by atoms with Crippen molar-refractivity contribution in [3.05, 3.63) is 77.2 Å². The van der Waals surface area contributed by atoms with Crippen molar-refractivity contribution < 1.29 is 9.18 Å². The highest BCUT2D eigenvalue weighted by atomic mass is 19.1. The number of carbonyl (C=O) groups is 1. The van der Waals surface area contributed by atoms with Crippen molar-refractivity contribution >= 4 is 11.7 Å². The van der Waals surface area contributed by atoms with E-state index in [2.05, 4.69) is 30.6 Å². The molecule has 0 saturated carbocycles. The predicted molar refractivity (Wildman–Crippen MR) is 143 cm³/mol. The van der Waals surface area contributed by atoms with Gasteiger partial charge in [0.1, 0.15) is 11.6 Å². The SMILES string of the molecule is CCN1CCN(c2c(CN(CC(C)C)C(=O)Cc3ccccc3)c(C)nn2-c2cccc(F)c2)CC1. The van der Waals surface area contributed by atoms with Crippen molar-refractivity contribution in [3.8, 4) is 5.69 Å². The van der Waals surface area contributed by atoms with Crippen molar-refractivity contribution in [3.63, 3.8) is 0 Å². The van der Waals surface area contributed by atoms with E-state index < -0.39 is 0 Å². The van der Waals surface area contributed by atoms with Gasteiger partial charge in [-0.25, -0.2) is 9.07 Å².